The van der Waals surface area contributed by atoms with E-state index in [4.69, 9.17) is 9.47 Å². The van der Waals surface area contributed by atoms with Gasteiger partial charge in [0, 0.05) is 24.9 Å². The number of rotatable bonds is 4. The van der Waals surface area contributed by atoms with Crippen LogP contribution in [-0.2, 0) is 4.74 Å². The molecule has 1 aromatic rings. The molecule has 0 radical (unpaired) electrons. The van der Waals surface area contributed by atoms with E-state index in [-0.39, 0.29) is 0 Å². The van der Waals surface area contributed by atoms with Crippen molar-refractivity contribution < 1.29 is 9.47 Å². The molecule has 3 nitrogen and oxygen atoms in total. The number of ether oxygens (including phenoxy) is 2. The van der Waals surface area contributed by atoms with E-state index >= 15 is 0 Å². The molecule has 19 heavy (non-hydrogen) atoms. The van der Waals surface area contributed by atoms with Gasteiger partial charge in [0.25, 0.3) is 0 Å². The fraction of sp³-hybridized carbons (Fsp3) is 0.625. The third kappa shape index (κ3) is 2.44. The van der Waals surface area contributed by atoms with Crippen LogP contribution in [0, 0.1) is 0 Å². The van der Waals surface area contributed by atoms with Crippen LogP contribution in [0.2, 0.25) is 0 Å². The molecule has 1 aromatic carbocycles. The second-order valence-corrected chi connectivity index (χ2v) is 5.73. The molecular formula is C16H23NO2. The fourth-order valence-electron chi connectivity index (χ4n) is 3.45. The Morgan fingerprint density at radius 2 is 1.79 bits per heavy atom. The van der Waals surface area contributed by atoms with Gasteiger partial charge < -0.3 is 14.4 Å². The molecule has 1 aliphatic carbocycles. The van der Waals surface area contributed by atoms with Gasteiger partial charge in [-0.2, -0.15) is 0 Å². The molecular weight excluding hydrogens is 238 g/mol. The summed E-state index contributed by atoms with van der Waals surface area (Å²) in [6.07, 6.45) is 8.22. The van der Waals surface area contributed by atoms with Crippen molar-refractivity contribution in [2.24, 2.45) is 0 Å². The molecule has 2 fully saturated rings. The quantitative estimate of drug-likeness (QED) is 0.773. The van der Waals surface area contributed by atoms with Crippen molar-refractivity contribution in [2.75, 3.05) is 25.3 Å². The Bertz CT molecular complexity index is 411. The van der Waals surface area contributed by atoms with E-state index in [2.05, 4.69) is 29.2 Å². The Morgan fingerprint density at radius 1 is 1.05 bits per heavy atom. The highest BCUT2D eigenvalue weighted by molar-refractivity contribution is 5.52. The van der Waals surface area contributed by atoms with Gasteiger partial charge in [-0.25, -0.2) is 0 Å². The fourth-order valence-corrected chi connectivity index (χ4v) is 3.45. The van der Waals surface area contributed by atoms with Crippen molar-refractivity contribution in [3.05, 3.63) is 24.3 Å². The zero-order valence-corrected chi connectivity index (χ0v) is 11.7. The average Bonchev–Trinajstić information content (AvgIpc) is 2.44. The third-order valence-electron chi connectivity index (χ3n) is 4.62. The number of nitrogens with zero attached hydrogens (tertiary/aromatic N) is 1. The lowest BCUT2D eigenvalue weighted by Crippen LogP contribution is -2.56. The van der Waals surface area contributed by atoms with Crippen LogP contribution >= 0.6 is 0 Å². The lowest BCUT2D eigenvalue weighted by Gasteiger charge is -2.54. The topological polar surface area (TPSA) is 21.7 Å². The van der Waals surface area contributed by atoms with Crippen molar-refractivity contribution in [3.8, 4) is 5.75 Å². The van der Waals surface area contributed by atoms with E-state index in [1.165, 1.54) is 50.8 Å². The van der Waals surface area contributed by atoms with Gasteiger partial charge in [0.05, 0.1) is 0 Å². The summed E-state index contributed by atoms with van der Waals surface area (Å²) in [7, 11) is 1.64. The van der Waals surface area contributed by atoms with Crippen LogP contribution in [-0.4, -0.2) is 26.0 Å². The number of anilines is 1. The largest absolute Gasteiger partial charge is 0.468 e. The van der Waals surface area contributed by atoms with E-state index < -0.39 is 0 Å². The normalized spacial score (nSPS) is 21.2. The van der Waals surface area contributed by atoms with Crippen molar-refractivity contribution in [2.45, 2.75) is 44.1 Å². The first kappa shape index (κ1) is 12.8. The number of hydrogen-bond acceptors (Lipinski definition) is 3. The molecule has 0 bridgehead atoms. The van der Waals surface area contributed by atoms with E-state index in [1.54, 1.807) is 7.11 Å². The molecule has 0 aromatic heterocycles. The van der Waals surface area contributed by atoms with E-state index in [0.717, 1.165) is 5.75 Å². The second kappa shape index (κ2) is 5.41. The van der Waals surface area contributed by atoms with Crippen molar-refractivity contribution in [1.29, 1.82) is 0 Å². The van der Waals surface area contributed by atoms with Gasteiger partial charge in [0.15, 0.2) is 6.79 Å². The molecule has 3 rings (SSSR count). The van der Waals surface area contributed by atoms with Crippen molar-refractivity contribution in [3.63, 3.8) is 0 Å². The molecule has 0 unspecified atom stereocenters. The Labute approximate surface area is 115 Å². The Balaban J connectivity index is 1.73. The molecule has 0 amide bonds. The molecule has 3 heteroatoms. The highest BCUT2D eigenvalue weighted by Gasteiger charge is 2.43. The molecule has 1 aliphatic heterocycles. The maximum atomic E-state index is 5.45. The third-order valence-corrected chi connectivity index (χ3v) is 4.62. The maximum Gasteiger partial charge on any atom is 0.188 e. The molecule has 2 aliphatic rings. The number of piperidine rings is 1. The molecule has 1 spiro atoms. The summed E-state index contributed by atoms with van der Waals surface area (Å²) < 4.78 is 10.4. The summed E-state index contributed by atoms with van der Waals surface area (Å²) in [6.45, 7) is 1.52. The molecule has 0 N–H and O–H groups in total. The minimum atomic E-state index is 0.312. The van der Waals surface area contributed by atoms with Crippen LogP contribution < -0.4 is 9.64 Å². The van der Waals surface area contributed by atoms with Gasteiger partial charge in [-0.3, -0.25) is 0 Å². The zero-order valence-electron chi connectivity index (χ0n) is 11.7. The van der Waals surface area contributed by atoms with Crippen LogP contribution in [0.1, 0.15) is 38.5 Å². The molecule has 1 heterocycles. The van der Waals surface area contributed by atoms with Gasteiger partial charge in [0.1, 0.15) is 5.75 Å². The smallest absolute Gasteiger partial charge is 0.188 e. The van der Waals surface area contributed by atoms with E-state index in [1.807, 2.05) is 0 Å². The molecule has 104 valence electrons. The highest BCUT2D eigenvalue weighted by Crippen LogP contribution is 2.46. The monoisotopic (exact) mass is 261 g/mol. The van der Waals surface area contributed by atoms with E-state index in [0.29, 0.717) is 12.3 Å². The van der Waals surface area contributed by atoms with Crippen molar-refractivity contribution >= 4 is 5.69 Å². The van der Waals surface area contributed by atoms with Crippen LogP contribution in [0.5, 0.6) is 5.75 Å². The van der Waals surface area contributed by atoms with E-state index in [9.17, 15) is 0 Å². The van der Waals surface area contributed by atoms with Gasteiger partial charge in [-0.05, 0) is 62.8 Å². The average molecular weight is 261 g/mol. The predicted molar refractivity (Wildman–Crippen MR) is 76.7 cm³/mol. The molecule has 1 saturated carbocycles. The first-order valence-electron chi connectivity index (χ1n) is 7.34. The second-order valence-electron chi connectivity index (χ2n) is 5.73. The Morgan fingerprint density at radius 3 is 2.42 bits per heavy atom. The van der Waals surface area contributed by atoms with Gasteiger partial charge in [-0.15, -0.1) is 0 Å². The summed E-state index contributed by atoms with van der Waals surface area (Å²) in [6, 6.07) is 8.48. The zero-order chi connectivity index (χ0) is 13.1. The summed E-state index contributed by atoms with van der Waals surface area (Å²) in [5.41, 5.74) is 1.83. The minimum Gasteiger partial charge on any atom is -0.468 e. The van der Waals surface area contributed by atoms with Crippen molar-refractivity contribution in [1.82, 2.24) is 0 Å². The summed E-state index contributed by atoms with van der Waals surface area (Å²) >= 11 is 0. The maximum absolute atomic E-state index is 5.45. The van der Waals surface area contributed by atoms with Crippen LogP contribution in [0.25, 0.3) is 0 Å². The predicted octanol–water partition coefficient (Wildman–Crippen LogP) is 3.58. The first-order chi connectivity index (χ1) is 9.34. The van der Waals surface area contributed by atoms with Crippen LogP contribution in [0.15, 0.2) is 24.3 Å². The summed E-state index contributed by atoms with van der Waals surface area (Å²) in [5, 5.41) is 0. The molecule has 0 atom stereocenters. The lowest BCUT2D eigenvalue weighted by atomic mass is 9.70. The highest BCUT2D eigenvalue weighted by atomic mass is 16.7. The Kier molecular flexibility index (Phi) is 3.65. The Hall–Kier alpha value is -1.22. The van der Waals surface area contributed by atoms with Crippen LogP contribution in [0.3, 0.4) is 0 Å². The summed E-state index contributed by atoms with van der Waals surface area (Å²) in [4.78, 5) is 2.64. The standard InChI is InChI=1S/C16H23NO2/c1-18-13-19-15-7-5-14(6-8-15)17-12-3-2-9-16(17)10-4-11-16/h5-8H,2-4,9-13H2,1H3. The number of methoxy groups -OCH3 is 1. The van der Waals surface area contributed by atoms with Gasteiger partial charge in [-0.1, -0.05) is 0 Å². The van der Waals surface area contributed by atoms with Gasteiger partial charge >= 0.3 is 0 Å². The molecule has 1 saturated heterocycles. The first-order valence-corrected chi connectivity index (χ1v) is 7.34. The SMILES string of the molecule is COCOc1ccc(N2CCCCC23CCC3)cc1. The summed E-state index contributed by atoms with van der Waals surface area (Å²) in [5.74, 6) is 0.880. The minimum absolute atomic E-state index is 0.312. The van der Waals surface area contributed by atoms with Gasteiger partial charge in [0.2, 0.25) is 0 Å². The number of hydrogen-bond donors (Lipinski definition) is 0. The van der Waals surface area contributed by atoms with Crippen LogP contribution in [0.4, 0.5) is 5.69 Å². The lowest BCUT2D eigenvalue weighted by molar-refractivity contribution is 0.0511. The number of benzene rings is 1.